The van der Waals surface area contributed by atoms with Gasteiger partial charge in [0.1, 0.15) is 18.0 Å². The highest BCUT2D eigenvalue weighted by Crippen LogP contribution is 2.24. The van der Waals surface area contributed by atoms with Crippen LogP contribution in [0.3, 0.4) is 0 Å². The first-order valence-corrected chi connectivity index (χ1v) is 11.7. The molecule has 5 nitrogen and oxygen atoms in total. The number of piperidine rings is 1. The van der Waals surface area contributed by atoms with Crippen LogP contribution >= 0.6 is 27.5 Å². The largest absolute Gasteiger partial charge is 0.441 e. The van der Waals surface area contributed by atoms with Gasteiger partial charge in [0.15, 0.2) is 0 Å². The van der Waals surface area contributed by atoms with Crippen LogP contribution in [-0.4, -0.2) is 24.0 Å². The van der Waals surface area contributed by atoms with Crippen LogP contribution in [0.15, 0.2) is 57.4 Å². The van der Waals surface area contributed by atoms with E-state index in [0.717, 1.165) is 59.5 Å². The molecule has 0 unspecified atom stereocenters. The average molecular weight is 504 g/mol. The van der Waals surface area contributed by atoms with Gasteiger partial charge in [-0.15, -0.1) is 0 Å². The molecule has 2 N–H and O–H groups in total. The van der Waals surface area contributed by atoms with Crippen molar-refractivity contribution in [2.75, 3.05) is 13.1 Å². The summed E-state index contributed by atoms with van der Waals surface area (Å²) < 4.78 is 6.92. The van der Waals surface area contributed by atoms with Crippen LogP contribution in [0.5, 0.6) is 0 Å². The Bertz CT molecular complexity index is 1040. The van der Waals surface area contributed by atoms with E-state index in [4.69, 9.17) is 21.0 Å². The average Bonchev–Trinajstić information content (AvgIpc) is 3.14. The molecule has 0 aliphatic carbocycles. The number of oxazole rings is 1. The zero-order valence-corrected chi connectivity index (χ0v) is 19.8. The molecule has 3 aromatic rings. The summed E-state index contributed by atoms with van der Waals surface area (Å²) in [5.41, 5.74) is 3.02. The van der Waals surface area contributed by atoms with Gasteiger partial charge in [-0.1, -0.05) is 45.7 Å². The topological polar surface area (TPSA) is 59.6 Å². The van der Waals surface area contributed by atoms with Crippen molar-refractivity contribution in [2.45, 2.75) is 32.9 Å². The molecule has 162 valence electrons. The monoisotopic (exact) mass is 502 g/mol. The van der Waals surface area contributed by atoms with Crippen LogP contribution in [0.25, 0.3) is 11.5 Å². The molecule has 0 saturated carbocycles. The standard InChI is InChI=1S/C24H25BrClN3O2/c1-16-22(28-24(31-16)19-3-2-4-20(25)13-19)15-29-11-9-18(10-12-29)23(30)27-14-17-5-7-21(26)8-6-17/h2-8,13,18H,9-12,14-15H2,1H3,(H,27,30)/p+1. The summed E-state index contributed by atoms with van der Waals surface area (Å²) in [6.45, 7) is 5.25. The van der Waals surface area contributed by atoms with E-state index in [0.29, 0.717) is 17.5 Å². The number of hydrogen-bond acceptors (Lipinski definition) is 3. The third kappa shape index (κ3) is 5.76. The van der Waals surface area contributed by atoms with Crippen LogP contribution < -0.4 is 10.2 Å². The van der Waals surface area contributed by atoms with E-state index in [1.165, 1.54) is 4.90 Å². The second-order valence-electron chi connectivity index (χ2n) is 8.08. The van der Waals surface area contributed by atoms with Gasteiger partial charge in [0, 0.05) is 40.4 Å². The Morgan fingerprint density at radius 2 is 1.97 bits per heavy atom. The normalized spacial score (nSPS) is 18.7. The predicted molar refractivity (Wildman–Crippen MR) is 125 cm³/mol. The Kier molecular flexibility index (Phi) is 7.10. The van der Waals surface area contributed by atoms with Crippen molar-refractivity contribution in [3.63, 3.8) is 0 Å². The van der Waals surface area contributed by atoms with Crippen molar-refractivity contribution in [3.8, 4) is 11.5 Å². The molecule has 31 heavy (non-hydrogen) atoms. The number of likely N-dealkylation sites (tertiary alicyclic amines) is 1. The molecule has 1 aromatic heterocycles. The van der Waals surface area contributed by atoms with Gasteiger partial charge < -0.3 is 14.6 Å². The fourth-order valence-corrected chi connectivity index (χ4v) is 4.50. The fourth-order valence-electron chi connectivity index (χ4n) is 3.97. The van der Waals surface area contributed by atoms with Gasteiger partial charge in [0.2, 0.25) is 11.8 Å². The molecule has 0 bridgehead atoms. The quantitative estimate of drug-likeness (QED) is 0.531. The zero-order valence-electron chi connectivity index (χ0n) is 17.5. The lowest BCUT2D eigenvalue weighted by molar-refractivity contribution is -0.919. The van der Waals surface area contributed by atoms with E-state index in [2.05, 4.69) is 21.2 Å². The predicted octanol–water partition coefficient (Wildman–Crippen LogP) is 4.18. The summed E-state index contributed by atoms with van der Waals surface area (Å²) >= 11 is 9.41. The van der Waals surface area contributed by atoms with Crippen LogP contribution in [-0.2, 0) is 17.9 Å². The molecule has 2 aromatic carbocycles. The first kappa shape index (κ1) is 22.1. The molecular formula is C24H26BrClN3O2+. The lowest BCUT2D eigenvalue weighted by Crippen LogP contribution is -3.12. The molecule has 1 amide bonds. The second kappa shape index (κ2) is 9.98. The van der Waals surface area contributed by atoms with Crippen LogP contribution in [0.1, 0.15) is 29.9 Å². The summed E-state index contributed by atoms with van der Waals surface area (Å²) in [4.78, 5) is 18.8. The Labute approximate surface area is 195 Å². The number of carbonyl (C=O) groups is 1. The van der Waals surface area contributed by atoms with E-state index in [9.17, 15) is 4.79 Å². The first-order valence-electron chi connectivity index (χ1n) is 10.6. The Hall–Kier alpha value is -2.15. The number of rotatable bonds is 6. The minimum absolute atomic E-state index is 0.0756. The third-order valence-electron chi connectivity index (χ3n) is 5.83. The van der Waals surface area contributed by atoms with Crippen LogP contribution in [0, 0.1) is 12.8 Å². The maximum Gasteiger partial charge on any atom is 0.226 e. The molecule has 2 heterocycles. The van der Waals surface area contributed by atoms with Crippen molar-refractivity contribution >= 4 is 33.4 Å². The lowest BCUT2D eigenvalue weighted by atomic mass is 9.95. The van der Waals surface area contributed by atoms with Crippen LogP contribution in [0.2, 0.25) is 5.02 Å². The fraction of sp³-hybridized carbons (Fsp3) is 0.333. The van der Waals surface area contributed by atoms with Crippen molar-refractivity contribution in [2.24, 2.45) is 5.92 Å². The molecule has 0 radical (unpaired) electrons. The number of benzene rings is 2. The molecule has 0 atom stereocenters. The number of carbonyl (C=O) groups excluding carboxylic acids is 1. The van der Waals surface area contributed by atoms with Gasteiger partial charge in [-0.2, -0.15) is 0 Å². The molecule has 1 fully saturated rings. The number of halogens is 2. The van der Waals surface area contributed by atoms with Gasteiger partial charge in [-0.3, -0.25) is 4.79 Å². The molecule has 1 aliphatic rings. The smallest absolute Gasteiger partial charge is 0.226 e. The van der Waals surface area contributed by atoms with Crippen molar-refractivity contribution in [3.05, 3.63) is 75.0 Å². The zero-order chi connectivity index (χ0) is 21.8. The number of nitrogens with zero attached hydrogens (tertiary/aromatic N) is 1. The van der Waals surface area contributed by atoms with E-state index < -0.39 is 0 Å². The summed E-state index contributed by atoms with van der Waals surface area (Å²) in [5, 5.41) is 3.77. The highest BCUT2D eigenvalue weighted by molar-refractivity contribution is 9.10. The van der Waals surface area contributed by atoms with Crippen molar-refractivity contribution in [1.29, 1.82) is 0 Å². The van der Waals surface area contributed by atoms with Crippen LogP contribution in [0.4, 0.5) is 0 Å². The maximum absolute atomic E-state index is 12.6. The summed E-state index contributed by atoms with van der Waals surface area (Å²) in [5.74, 6) is 1.74. The number of aromatic nitrogens is 1. The van der Waals surface area contributed by atoms with Gasteiger partial charge in [0.05, 0.1) is 13.1 Å². The number of quaternary nitrogens is 1. The maximum atomic E-state index is 12.6. The highest BCUT2D eigenvalue weighted by Gasteiger charge is 2.28. The van der Waals surface area contributed by atoms with E-state index in [-0.39, 0.29) is 11.8 Å². The Morgan fingerprint density at radius 1 is 1.23 bits per heavy atom. The highest BCUT2D eigenvalue weighted by atomic mass is 79.9. The first-order chi connectivity index (χ1) is 15.0. The van der Waals surface area contributed by atoms with Crippen molar-refractivity contribution in [1.82, 2.24) is 10.3 Å². The summed E-state index contributed by atoms with van der Waals surface area (Å²) in [6, 6.07) is 15.6. The SMILES string of the molecule is Cc1oc(-c2cccc(Br)c2)nc1C[NH+]1CCC(C(=O)NCc2ccc(Cl)cc2)CC1. The third-order valence-corrected chi connectivity index (χ3v) is 6.57. The number of aryl methyl sites for hydroxylation is 1. The number of nitrogens with one attached hydrogen (secondary N) is 2. The molecule has 7 heteroatoms. The summed E-state index contributed by atoms with van der Waals surface area (Å²) in [7, 11) is 0. The molecular weight excluding hydrogens is 478 g/mol. The van der Waals surface area contributed by atoms with E-state index in [1.54, 1.807) is 0 Å². The van der Waals surface area contributed by atoms with Crippen molar-refractivity contribution < 1.29 is 14.1 Å². The molecule has 4 rings (SSSR count). The molecule has 1 aliphatic heterocycles. The second-order valence-corrected chi connectivity index (χ2v) is 9.43. The van der Waals surface area contributed by atoms with E-state index in [1.807, 2.05) is 55.5 Å². The molecule has 0 spiro atoms. The Morgan fingerprint density at radius 3 is 2.68 bits per heavy atom. The van der Waals surface area contributed by atoms with E-state index >= 15 is 0 Å². The number of amides is 1. The van der Waals surface area contributed by atoms with Gasteiger partial charge in [-0.05, 0) is 42.8 Å². The summed E-state index contributed by atoms with van der Waals surface area (Å²) in [6.07, 6.45) is 1.77. The minimum atomic E-state index is 0.0756. The van der Waals surface area contributed by atoms with Gasteiger partial charge >= 0.3 is 0 Å². The van der Waals surface area contributed by atoms with Gasteiger partial charge in [-0.25, -0.2) is 4.98 Å². The lowest BCUT2D eigenvalue weighted by Gasteiger charge is -2.28. The van der Waals surface area contributed by atoms with Gasteiger partial charge in [0.25, 0.3) is 0 Å². The molecule has 1 saturated heterocycles. The number of hydrogen-bond donors (Lipinski definition) is 2. The Balaban J connectivity index is 1.28. The minimum Gasteiger partial charge on any atom is -0.441 e.